The molecule has 1 aliphatic heterocycles. The van der Waals surface area contributed by atoms with Crippen LogP contribution >= 0.6 is 0 Å². The molecule has 1 aliphatic rings. The van der Waals surface area contributed by atoms with Crippen LogP contribution in [0.3, 0.4) is 0 Å². The first kappa shape index (κ1) is 13.4. The Labute approximate surface area is 112 Å². The number of benzene rings is 1. The summed E-state index contributed by atoms with van der Waals surface area (Å²) in [6.07, 6.45) is 2.44. The van der Waals surface area contributed by atoms with E-state index in [-0.39, 0.29) is 18.4 Å². The van der Waals surface area contributed by atoms with E-state index in [1.165, 1.54) is 0 Å². The van der Waals surface area contributed by atoms with Gasteiger partial charge < -0.3 is 16.0 Å². The lowest BCUT2D eigenvalue weighted by molar-refractivity contribution is -0.136. The first-order chi connectivity index (χ1) is 9.06. The topological polar surface area (TPSA) is 75.4 Å². The van der Waals surface area contributed by atoms with Gasteiger partial charge in [0.25, 0.3) is 0 Å². The number of nitrogens with zero attached hydrogens (tertiary/aromatic N) is 1. The summed E-state index contributed by atoms with van der Waals surface area (Å²) >= 11 is 0. The molecule has 0 aromatic heterocycles. The fourth-order valence-electron chi connectivity index (χ4n) is 2.17. The monoisotopic (exact) mass is 261 g/mol. The highest BCUT2D eigenvalue weighted by Gasteiger charge is 2.20. The van der Waals surface area contributed by atoms with Crippen molar-refractivity contribution < 1.29 is 9.59 Å². The van der Waals surface area contributed by atoms with Gasteiger partial charge in [-0.1, -0.05) is 6.07 Å². The molecule has 19 heavy (non-hydrogen) atoms. The van der Waals surface area contributed by atoms with Gasteiger partial charge in [-0.2, -0.15) is 0 Å². The Kier molecular flexibility index (Phi) is 4.04. The average Bonchev–Trinajstić information content (AvgIpc) is 2.37. The molecule has 2 rings (SSSR count). The molecule has 0 aliphatic carbocycles. The highest BCUT2D eigenvalue weighted by Crippen LogP contribution is 2.18. The van der Waals surface area contributed by atoms with Crippen molar-refractivity contribution in [3.8, 4) is 0 Å². The minimum absolute atomic E-state index is 0.0608. The third kappa shape index (κ3) is 3.47. The summed E-state index contributed by atoms with van der Waals surface area (Å²) in [7, 11) is 0. The number of hydrogen-bond donors (Lipinski definition) is 2. The Balaban J connectivity index is 1.97. The van der Waals surface area contributed by atoms with Crippen LogP contribution in [0.5, 0.6) is 0 Å². The number of carbonyl (C=O) groups excluding carboxylic acids is 2. The van der Waals surface area contributed by atoms with Crippen LogP contribution in [0.2, 0.25) is 0 Å². The van der Waals surface area contributed by atoms with Crippen molar-refractivity contribution in [3.05, 3.63) is 23.8 Å². The molecule has 0 radical (unpaired) electrons. The van der Waals surface area contributed by atoms with Crippen LogP contribution < -0.4 is 11.1 Å². The van der Waals surface area contributed by atoms with Gasteiger partial charge >= 0.3 is 0 Å². The minimum atomic E-state index is -0.177. The summed E-state index contributed by atoms with van der Waals surface area (Å²) in [6.45, 7) is 2.69. The van der Waals surface area contributed by atoms with Crippen molar-refractivity contribution in [1.29, 1.82) is 0 Å². The number of nitrogens with one attached hydrogen (secondary N) is 1. The Morgan fingerprint density at radius 1 is 1.42 bits per heavy atom. The standard InChI is InChI=1S/C14H19N3O2/c1-10-5-6-11(15)8-12(10)16-13(18)9-17-7-3-2-4-14(17)19/h5-6,8H,2-4,7,9,15H2,1H3,(H,16,18). The van der Waals surface area contributed by atoms with Crippen molar-refractivity contribution in [1.82, 2.24) is 4.90 Å². The van der Waals surface area contributed by atoms with Crippen LogP contribution in [-0.2, 0) is 9.59 Å². The number of nitrogens with two attached hydrogens (primary N) is 1. The SMILES string of the molecule is Cc1ccc(N)cc1NC(=O)CN1CCCCC1=O. The molecule has 1 saturated heterocycles. The fraction of sp³-hybridized carbons (Fsp3) is 0.429. The van der Waals surface area contributed by atoms with Crippen molar-refractivity contribution in [3.63, 3.8) is 0 Å². The zero-order valence-corrected chi connectivity index (χ0v) is 11.1. The number of carbonyl (C=O) groups is 2. The molecule has 0 saturated carbocycles. The van der Waals surface area contributed by atoms with Gasteiger partial charge in [0.05, 0.1) is 6.54 Å². The van der Waals surface area contributed by atoms with Crippen LogP contribution in [-0.4, -0.2) is 29.8 Å². The Bertz CT molecular complexity index is 499. The number of likely N-dealkylation sites (tertiary alicyclic amines) is 1. The number of piperidine rings is 1. The molecule has 0 unspecified atom stereocenters. The van der Waals surface area contributed by atoms with E-state index in [1.807, 2.05) is 13.0 Å². The van der Waals surface area contributed by atoms with Gasteiger partial charge in [0.15, 0.2) is 0 Å². The van der Waals surface area contributed by atoms with Crippen molar-refractivity contribution >= 4 is 23.2 Å². The highest BCUT2D eigenvalue weighted by molar-refractivity contribution is 5.95. The zero-order chi connectivity index (χ0) is 13.8. The molecule has 2 amide bonds. The molecule has 5 heteroatoms. The molecule has 102 valence electrons. The lowest BCUT2D eigenvalue weighted by Crippen LogP contribution is -2.40. The predicted molar refractivity (Wildman–Crippen MR) is 74.7 cm³/mol. The Hall–Kier alpha value is -2.04. The smallest absolute Gasteiger partial charge is 0.244 e. The van der Waals surface area contributed by atoms with E-state index < -0.39 is 0 Å². The fourth-order valence-corrected chi connectivity index (χ4v) is 2.17. The summed E-state index contributed by atoms with van der Waals surface area (Å²) in [4.78, 5) is 25.2. The van der Waals surface area contributed by atoms with Gasteiger partial charge in [0, 0.05) is 24.3 Å². The van der Waals surface area contributed by atoms with Crippen molar-refractivity contribution in [2.75, 3.05) is 24.1 Å². The molecule has 0 bridgehead atoms. The van der Waals surface area contributed by atoms with Gasteiger partial charge in [-0.25, -0.2) is 0 Å². The first-order valence-corrected chi connectivity index (χ1v) is 6.50. The van der Waals surface area contributed by atoms with E-state index in [9.17, 15) is 9.59 Å². The largest absolute Gasteiger partial charge is 0.399 e. The van der Waals surface area contributed by atoms with E-state index in [2.05, 4.69) is 5.32 Å². The van der Waals surface area contributed by atoms with E-state index in [1.54, 1.807) is 17.0 Å². The van der Waals surface area contributed by atoms with Gasteiger partial charge in [0.2, 0.25) is 11.8 Å². The number of rotatable bonds is 3. The van der Waals surface area contributed by atoms with Crippen LogP contribution in [0.4, 0.5) is 11.4 Å². The third-order valence-corrected chi connectivity index (χ3v) is 3.29. The Morgan fingerprint density at radius 2 is 2.21 bits per heavy atom. The summed E-state index contributed by atoms with van der Waals surface area (Å²) in [6, 6.07) is 5.38. The number of anilines is 2. The first-order valence-electron chi connectivity index (χ1n) is 6.50. The quantitative estimate of drug-likeness (QED) is 0.810. The normalized spacial score (nSPS) is 15.4. The van der Waals surface area contributed by atoms with E-state index in [4.69, 9.17) is 5.73 Å². The second kappa shape index (κ2) is 5.73. The van der Waals surface area contributed by atoms with Crippen molar-refractivity contribution in [2.24, 2.45) is 0 Å². The summed E-state index contributed by atoms with van der Waals surface area (Å²) < 4.78 is 0. The summed E-state index contributed by atoms with van der Waals surface area (Å²) in [5.74, 6) is -0.116. The highest BCUT2D eigenvalue weighted by atomic mass is 16.2. The molecule has 1 fully saturated rings. The molecule has 3 N–H and O–H groups in total. The number of nitrogen functional groups attached to an aromatic ring is 1. The van der Waals surface area contributed by atoms with E-state index in [0.717, 1.165) is 18.4 Å². The molecule has 1 aromatic rings. The third-order valence-electron chi connectivity index (χ3n) is 3.29. The number of amides is 2. The van der Waals surface area contributed by atoms with Gasteiger partial charge in [-0.3, -0.25) is 9.59 Å². The lowest BCUT2D eigenvalue weighted by Gasteiger charge is -2.26. The summed E-state index contributed by atoms with van der Waals surface area (Å²) in [5.41, 5.74) is 7.95. The molecule has 1 heterocycles. The van der Waals surface area contributed by atoms with Crippen LogP contribution in [0.1, 0.15) is 24.8 Å². The van der Waals surface area contributed by atoms with Gasteiger partial charge in [-0.15, -0.1) is 0 Å². The average molecular weight is 261 g/mol. The predicted octanol–water partition coefficient (Wildman–Crippen LogP) is 1.53. The van der Waals surface area contributed by atoms with Crippen LogP contribution in [0.25, 0.3) is 0 Å². The molecule has 0 atom stereocenters. The molecule has 1 aromatic carbocycles. The maximum Gasteiger partial charge on any atom is 0.244 e. The minimum Gasteiger partial charge on any atom is -0.399 e. The second-order valence-electron chi connectivity index (χ2n) is 4.89. The van der Waals surface area contributed by atoms with E-state index in [0.29, 0.717) is 24.3 Å². The Morgan fingerprint density at radius 3 is 2.95 bits per heavy atom. The molecular weight excluding hydrogens is 242 g/mol. The number of hydrogen-bond acceptors (Lipinski definition) is 3. The van der Waals surface area contributed by atoms with Crippen LogP contribution in [0.15, 0.2) is 18.2 Å². The second-order valence-corrected chi connectivity index (χ2v) is 4.89. The molecule has 0 spiro atoms. The number of aryl methyl sites for hydroxylation is 1. The summed E-state index contributed by atoms with van der Waals surface area (Å²) in [5, 5.41) is 2.81. The lowest BCUT2D eigenvalue weighted by atomic mass is 10.1. The van der Waals surface area contributed by atoms with Crippen LogP contribution in [0, 0.1) is 6.92 Å². The van der Waals surface area contributed by atoms with Gasteiger partial charge in [0.1, 0.15) is 0 Å². The maximum absolute atomic E-state index is 11.9. The molecule has 5 nitrogen and oxygen atoms in total. The van der Waals surface area contributed by atoms with Gasteiger partial charge in [-0.05, 0) is 37.5 Å². The maximum atomic E-state index is 11.9. The van der Waals surface area contributed by atoms with E-state index >= 15 is 0 Å². The zero-order valence-electron chi connectivity index (χ0n) is 11.1. The molecular formula is C14H19N3O2. The van der Waals surface area contributed by atoms with Crippen molar-refractivity contribution in [2.45, 2.75) is 26.2 Å².